The Labute approximate surface area is 379 Å². The van der Waals surface area contributed by atoms with Gasteiger partial charge in [-0.15, -0.1) is 0 Å². The average Bonchev–Trinajstić information content (AvgIpc) is 3.28. The number of benzene rings is 1. The zero-order chi connectivity index (χ0) is 47.2. The monoisotopic (exact) mass is 898 g/mol. The number of aromatic nitrogens is 1. The third-order valence-corrected chi connectivity index (χ3v) is 11.8. The van der Waals surface area contributed by atoms with E-state index in [1.807, 2.05) is 6.07 Å². The largest absolute Gasteiger partial charge is 0.508 e. The molecule has 1 saturated heterocycles. The number of aromatic hydroxyl groups is 1. The van der Waals surface area contributed by atoms with Crippen LogP contribution in [0.3, 0.4) is 0 Å². The Balaban J connectivity index is 1.45. The fraction of sp³-hybridized carbons (Fsp3) is 0.479. The number of cyclic esters (lactones) is 1. The predicted molar refractivity (Wildman–Crippen MR) is 238 cm³/mol. The molecule has 2 aromatic rings. The maximum absolute atomic E-state index is 14.4. The second kappa shape index (κ2) is 23.8. The Morgan fingerprint density at radius 3 is 2.55 bits per heavy atom. The summed E-state index contributed by atoms with van der Waals surface area (Å²) in [4.78, 5) is 91.3. The summed E-state index contributed by atoms with van der Waals surface area (Å²) in [5, 5.41) is 40.9. The van der Waals surface area contributed by atoms with Crippen LogP contribution in [0.15, 0.2) is 90.8 Å². The number of Topliss-reactive ketones (excluding diaryl/α,β-unsaturated/α-hetero) is 1. The van der Waals surface area contributed by atoms with E-state index in [1.54, 1.807) is 76.5 Å². The van der Waals surface area contributed by atoms with Crippen molar-refractivity contribution >= 4 is 35.4 Å². The number of nitrogens with one attached hydrogen (secondary N) is 3. The number of ketones is 1. The number of carbonyl (C=O) groups is 6. The normalized spacial score (nSPS) is 27.7. The fourth-order valence-electron chi connectivity index (χ4n) is 7.75. The summed E-state index contributed by atoms with van der Waals surface area (Å²) in [6, 6.07) is 4.69. The van der Waals surface area contributed by atoms with E-state index >= 15 is 0 Å². The highest BCUT2D eigenvalue weighted by Crippen LogP contribution is 2.25. The highest BCUT2D eigenvalue weighted by Gasteiger charge is 2.39. The molecule has 3 aliphatic rings. The second-order valence-corrected chi connectivity index (χ2v) is 17.2. The van der Waals surface area contributed by atoms with E-state index in [1.165, 1.54) is 47.4 Å². The summed E-state index contributed by atoms with van der Waals surface area (Å²) in [6.45, 7) is 8.73. The van der Waals surface area contributed by atoms with Gasteiger partial charge in [-0.1, -0.05) is 69.4 Å². The zero-order valence-electron chi connectivity index (χ0n) is 37.6. The molecule has 1 unspecified atom stereocenters. The molecule has 0 saturated carbocycles. The number of nitrogens with zero attached hydrogens (tertiary/aromatic N) is 3. The maximum Gasteiger partial charge on any atom is 0.325 e. The number of hydrogen-bond acceptors (Lipinski definition) is 13. The van der Waals surface area contributed by atoms with Crippen LogP contribution in [-0.4, -0.2) is 109 Å². The van der Waals surface area contributed by atoms with Crippen molar-refractivity contribution in [3.8, 4) is 5.75 Å². The molecule has 1 aromatic heterocycles. The van der Waals surface area contributed by atoms with Crippen molar-refractivity contribution in [2.45, 2.75) is 123 Å². The summed E-state index contributed by atoms with van der Waals surface area (Å²) in [6.07, 6.45) is 11.5. The van der Waals surface area contributed by atoms with E-state index in [0.717, 1.165) is 11.1 Å². The Bertz CT molecular complexity index is 2150. The topological polar surface area (TPSA) is 237 Å². The van der Waals surface area contributed by atoms with Crippen LogP contribution in [0.4, 0.5) is 0 Å². The number of aliphatic hydroxyl groups is 2. The van der Waals surface area contributed by atoms with E-state index in [0.29, 0.717) is 24.0 Å². The molecule has 6 N–H and O–H groups in total. The van der Waals surface area contributed by atoms with Crippen molar-refractivity contribution in [3.63, 3.8) is 0 Å². The van der Waals surface area contributed by atoms with Crippen LogP contribution in [0.1, 0.15) is 83.4 Å². The first-order chi connectivity index (χ1) is 31.0. The number of carbonyl (C=O) groups excluding carboxylic acids is 6. The molecule has 0 radical (unpaired) electrons. The molecular weight excluding hydrogens is 837 g/mol. The number of amides is 4. The van der Waals surface area contributed by atoms with Crippen LogP contribution >= 0.6 is 0 Å². The molecule has 8 atom stereocenters. The number of aliphatic hydroxyl groups excluding tert-OH is 2. The van der Waals surface area contributed by atoms with Crippen molar-refractivity contribution in [2.24, 2.45) is 17.8 Å². The van der Waals surface area contributed by atoms with Crippen LogP contribution in [0, 0.1) is 17.8 Å². The van der Waals surface area contributed by atoms with Gasteiger partial charge in [-0.2, -0.15) is 0 Å². The first kappa shape index (κ1) is 50.0. The molecule has 350 valence electrons. The molecule has 65 heavy (non-hydrogen) atoms. The van der Waals surface area contributed by atoms with Crippen LogP contribution in [-0.2, 0) is 57.9 Å². The van der Waals surface area contributed by atoms with Gasteiger partial charge >= 0.3 is 5.97 Å². The first-order valence-corrected chi connectivity index (χ1v) is 22.1. The minimum atomic E-state index is -1.43. The van der Waals surface area contributed by atoms with Gasteiger partial charge in [0, 0.05) is 50.2 Å². The van der Waals surface area contributed by atoms with Gasteiger partial charge in [0.15, 0.2) is 0 Å². The average molecular weight is 899 g/mol. The molecule has 2 bridgehead atoms. The van der Waals surface area contributed by atoms with E-state index in [2.05, 4.69) is 21.0 Å². The second-order valence-electron chi connectivity index (χ2n) is 17.2. The van der Waals surface area contributed by atoms with Crippen LogP contribution in [0.5, 0.6) is 5.75 Å². The van der Waals surface area contributed by atoms with Gasteiger partial charge in [-0.3, -0.25) is 38.8 Å². The van der Waals surface area contributed by atoms with Crippen molar-refractivity contribution in [2.75, 3.05) is 6.54 Å². The number of fused-ring (bicyclic) bond motifs is 3. The summed E-state index contributed by atoms with van der Waals surface area (Å²) < 4.78 is 6.08. The van der Waals surface area contributed by atoms with Crippen molar-refractivity contribution in [1.29, 1.82) is 0 Å². The Morgan fingerprint density at radius 1 is 1.03 bits per heavy atom. The predicted octanol–water partition coefficient (Wildman–Crippen LogP) is 3.20. The molecule has 5 rings (SSSR count). The summed E-state index contributed by atoms with van der Waals surface area (Å²) >= 11 is 0. The van der Waals surface area contributed by atoms with Crippen LogP contribution < -0.4 is 16.1 Å². The van der Waals surface area contributed by atoms with Crippen LogP contribution in [0.2, 0.25) is 0 Å². The molecule has 17 nitrogen and oxygen atoms in total. The highest BCUT2D eigenvalue weighted by molar-refractivity contribution is 5.93. The van der Waals surface area contributed by atoms with Gasteiger partial charge in [0.1, 0.15) is 42.4 Å². The van der Waals surface area contributed by atoms with Gasteiger partial charge in [-0.25, -0.2) is 10.5 Å². The molecule has 1 aromatic carbocycles. The summed E-state index contributed by atoms with van der Waals surface area (Å²) in [7, 11) is 0. The molecule has 1 fully saturated rings. The van der Waals surface area contributed by atoms with Gasteiger partial charge in [0.2, 0.25) is 11.8 Å². The number of allylic oxidation sites excluding steroid dienone is 4. The Kier molecular flexibility index (Phi) is 18.3. The number of hydrogen-bond donors (Lipinski definition) is 6. The smallest absolute Gasteiger partial charge is 0.325 e. The van der Waals surface area contributed by atoms with Gasteiger partial charge < -0.3 is 35.5 Å². The number of esters is 1. The lowest BCUT2D eigenvalue weighted by Crippen LogP contribution is -2.62. The van der Waals surface area contributed by atoms with E-state index in [4.69, 9.17) is 9.57 Å². The standard InChI is InChI=1S/C48H62N6O11/c1-29(2)43-46(61)50-39(25-33-13-10-14-36(56)24-33)47(62)53-23-11-15-38(52-53)48(63)65-41(30(3)12-9-18-42(58)54-27-35-26-49-22-21-34(35)28-64-54)17-8-6-7-16-40(57)32(5)44(59)37(45(60)51-43)20-19-31(4)55/h6-10,12-14,16,18,21-22,24,26,29,32,37-41,43-44,52,56-57,59H,11,15,17,19-20,23,25,27-28H2,1-5H3,(H,50,61)(H,51,60)/b8-6+,16-7+,18-9+,30-12+/t32-,37+,38?,39-,40-,41-,43-,44+/m0/s1. The van der Waals surface area contributed by atoms with E-state index < -0.39 is 83.8 Å². The lowest BCUT2D eigenvalue weighted by Gasteiger charge is -2.36. The molecule has 17 heteroatoms. The van der Waals surface area contributed by atoms with Gasteiger partial charge in [0.05, 0.1) is 24.7 Å². The SMILES string of the molecule is CC(=O)CC[C@H]1C(=O)N[C@@H](C(C)C)C(=O)N[C@@H](Cc2cccc(O)c2)C(=O)N2CCCC(N2)C(=O)O[C@H](/C(C)=C/C=C/C(=O)N2Cc3cnccc3CO2)C/C=C/C=C/[C@H](O)[C@H](C)[C@H]1O. The quantitative estimate of drug-likeness (QED) is 0.121. The number of phenols is 1. The number of hydrazine groups is 1. The molecule has 4 heterocycles. The molecular formula is C48H62N6O11. The number of hydroxylamine groups is 2. The Hall–Kier alpha value is -6.01. The number of pyridine rings is 1. The van der Waals surface area contributed by atoms with Crippen LogP contribution in [0.25, 0.3) is 0 Å². The lowest BCUT2D eigenvalue weighted by molar-refractivity contribution is -0.195. The number of ether oxygens (including phenoxy) is 1. The summed E-state index contributed by atoms with van der Waals surface area (Å²) in [5.41, 5.74) is 5.94. The molecule has 0 aliphatic carbocycles. The summed E-state index contributed by atoms with van der Waals surface area (Å²) in [5.74, 6) is -5.87. The molecule has 0 spiro atoms. The van der Waals surface area contributed by atoms with Gasteiger partial charge in [0.25, 0.3) is 11.8 Å². The first-order valence-electron chi connectivity index (χ1n) is 22.1. The molecule has 3 aliphatic heterocycles. The molecule has 4 amide bonds. The number of rotatable bonds is 9. The third-order valence-electron chi connectivity index (χ3n) is 11.8. The number of phenolic OH excluding ortho intramolecular Hbond substituents is 1. The minimum Gasteiger partial charge on any atom is -0.508 e. The maximum atomic E-state index is 14.4. The minimum absolute atomic E-state index is 0.0368. The third kappa shape index (κ3) is 14.2. The Morgan fingerprint density at radius 2 is 1.82 bits per heavy atom. The highest BCUT2D eigenvalue weighted by atomic mass is 16.7. The fourth-order valence-corrected chi connectivity index (χ4v) is 7.75. The van der Waals surface area contributed by atoms with Crippen molar-refractivity contribution < 1.29 is 53.7 Å². The van der Waals surface area contributed by atoms with Crippen molar-refractivity contribution in [3.05, 3.63) is 108 Å². The van der Waals surface area contributed by atoms with Gasteiger partial charge in [-0.05, 0) is 79.5 Å². The zero-order valence-corrected chi connectivity index (χ0v) is 37.6. The van der Waals surface area contributed by atoms with E-state index in [9.17, 15) is 44.1 Å². The lowest BCUT2D eigenvalue weighted by atomic mass is 9.84. The van der Waals surface area contributed by atoms with Crippen molar-refractivity contribution in [1.82, 2.24) is 31.1 Å². The van der Waals surface area contributed by atoms with E-state index in [-0.39, 0.29) is 56.9 Å².